The van der Waals surface area contributed by atoms with E-state index >= 15 is 0 Å². The molecule has 1 heterocycles. The first kappa shape index (κ1) is 14.5. The Morgan fingerprint density at radius 1 is 1.14 bits per heavy atom. The molecule has 0 spiro atoms. The number of hydrogen-bond acceptors (Lipinski definition) is 3. The molecule has 4 fully saturated rings. The number of nitrogens with one attached hydrogen (secondary N) is 1. The van der Waals surface area contributed by atoms with E-state index < -0.39 is 10.0 Å². The summed E-state index contributed by atoms with van der Waals surface area (Å²) in [5, 5.41) is 0. The first-order chi connectivity index (χ1) is 9.94. The summed E-state index contributed by atoms with van der Waals surface area (Å²) in [7, 11) is -3.40. The van der Waals surface area contributed by atoms with Gasteiger partial charge >= 0.3 is 0 Å². The Balaban J connectivity index is 1.49. The Hall–Kier alpha value is -0.100. The molecule has 5 rings (SSSR count). The van der Waals surface area contributed by atoms with Gasteiger partial charge in [-0.05, 0) is 73.8 Å². The second kappa shape index (κ2) is 4.95. The van der Waals surface area contributed by atoms with Gasteiger partial charge in [0.1, 0.15) is 4.21 Å². The topological polar surface area (TPSA) is 46.2 Å². The van der Waals surface area contributed by atoms with Crippen LogP contribution >= 0.6 is 22.9 Å². The van der Waals surface area contributed by atoms with Gasteiger partial charge in [-0.3, -0.25) is 0 Å². The minimum absolute atomic E-state index is 0.225. The SMILES string of the molecule is O=S(=O)(NCC12CC3CC(CC(C3)C1)C2)c1ccc(Cl)s1. The van der Waals surface area contributed by atoms with Gasteiger partial charge in [0, 0.05) is 6.54 Å². The largest absolute Gasteiger partial charge is 0.250 e. The molecular formula is C15H20ClNO2S2. The van der Waals surface area contributed by atoms with Crippen molar-refractivity contribution in [3.63, 3.8) is 0 Å². The quantitative estimate of drug-likeness (QED) is 0.899. The summed E-state index contributed by atoms with van der Waals surface area (Å²) in [4.78, 5) is 0. The zero-order valence-electron chi connectivity index (χ0n) is 11.8. The van der Waals surface area contributed by atoms with Gasteiger partial charge in [0.05, 0.1) is 4.34 Å². The van der Waals surface area contributed by atoms with Gasteiger partial charge in [0.15, 0.2) is 0 Å². The summed E-state index contributed by atoms with van der Waals surface area (Å²) in [6, 6.07) is 3.24. The molecule has 3 nitrogen and oxygen atoms in total. The Morgan fingerprint density at radius 3 is 2.19 bits per heavy atom. The number of hydrogen-bond donors (Lipinski definition) is 1. The smallest absolute Gasteiger partial charge is 0.210 e. The Bertz CT molecular complexity index is 617. The van der Waals surface area contributed by atoms with Gasteiger partial charge in [-0.25, -0.2) is 13.1 Å². The molecule has 116 valence electrons. The Morgan fingerprint density at radius 2 is 1.71 bits per heavy atom. The zero-order chi connectivity index (χ0) is 14.7. The molecule has 0 aliphatic heterocycles. The van der Waals surface area contributed by atoms with E-state index in [9.17, 15) is 8.42 Å². The molecule has 0 saturated heterocycles. The minimum Gasteiger partial charge on any atom is -0.210 e. The average molecular weight is 346 g/mol. The highest BCUT2D eigenvalue weighted by molar-refractivity contribution is 7.91. The maximum atomic E-state index is 12.4. The van der Waals surface area contributed by atoms with Gasteiger partial charge in [0.2, 0.25) is 10.0 Å². The Kier molecular flexibility index (Phi) is 3.41. The van der Waals surface area contributed by atoms with Crippen molar-refractivity contribution >= 4 is 33.0 Å². The van der Waals surface area contributed by atoms with Crippen LogP contribution in [0.4, 0.5) is 0 Å². The van der Waals surface area contributed by atoms with Crippen LogP contribution in [0.1, 0.15) is 38.5 Å². The Labute approximate surface area is 135 Å². The lowest BCUT2D eigenvalue weighted by atomic mass is 9.50. The number of sulfonamides is 1. The van der Waals surface area contributed by atoms with Crippen molar-refractivity contribution in [3.8, 4) is 0 Å². The van der Waals surface area contributed by atoms with Crippen LogP contribution in [0, 0.1) is 23.2 Å². The van der Waals surface area contributed by atoms with Crippen LogP contribution < -0.4 is 4.72 Å². The van der Waals surface area contributed by atoms with E-state index in [1.54, 1.807) is 12.1 Å². The monoisotopic (exact) mass is 345 g/mol. The van der Waals surface area contributed by atoms with Crippen LogP contribution in [-0.2, 0) is 10.0 Å². The van der Waals surface area contributed by atoms with Crippen LogP contribution in [0.5, 0.6) is 0 Å². The van der Waals surface area contributed by atoms with Crippen molar-refractivity contribution in [1.82, 2.24) is 4.72 Å². The van der Waals surface area contributed by atoms with Crippen molar-refractivity contribution in [3.05, 3.63) is 16.5 Å². The highest BCUT2D eigenvalue weighted by atomic mass is 35.5. The molecule has 4 aliphatic rings. The summed E-state index contributed by atoms with van der Waals surface area (Å²) in [6.07, 6.45) is 7.79. The van der Waals surface area contributed by atoms with Crippen molar-refractivity contribution in [1.29, 1.82) is 0 Å². The van der Waals surface area contributed by atoms with E-state index in [1.807, 2.05) is 0 Å². The first-order valence-corrected chi connectivity index (χ1v) is 10.4. The van der Waals surface area contributed by atoms with Gasteiger partial charge in [-0.1, -0.05) is 11.6 Å². The molecule has 0 aromatic carbocycles. The van der Waals surface area contributed by atoms with Gasteiger partial charge < -0.3 is 0 Å². The lowest BCUT2D eigenvalue weighted by Crippen LogP contribution is -2.51. The molecule has 0 atom stereocenters. The third-order valence-corrected chi connectivity index (χ3v) is 8.74. The van der Waals surface area contributed by atoms with Crippen LogP contribution in [-0.4, -0.2) is 15.0 Å². The lowest BCUT2D eigenvalue weighted by molar-refractivity contribution is -0.0487. The van der Waals surface area contributed by atoms with Crippen molar-refractivity contribution < 1.29 is 8.42 Å². The van der Waals surface area contributed by atoms with Gasteiger partial charge in [-0.15, -0.1) is 11.3 Å². The summed E-state index contributed by atoms with van der Waals surface area (Å²) in [5.74, 6) is 2.53. The highest BCUT2D eigenvalue weighted by Crippen LogP contribution is 2.59. The van der Waals surface area contributed by atoms with E-state index in [0.29, 0.717) is 15.1 Å². The number of halogens is 1. The molecule has 4 saturated carbocycles. The summed E-state index contributed by atoms with van der Waals surface area (Å²) in [6.45, 7) is 0.606. The molecule has 0 radical (unpaired) electrons. The van der Waals surface area contributed by atoms with Crippen molar-refractivity contribution in [2.45, 2.75) is 42.7 Å². The second-order valence-corrected chi connectivity index (χ2v) is 11.0. The third-order valence-electron chi connectivity index (χ3n) is 5.62. The molecule has 6 heteroatoms. The fraction of sp³-hybridized carbons (Fsp3) is 0.733. The molecule has 0 amide bonds. The first-order valence-electron chi connectivity index (χ1n) is 7.69. The molecule has 4 bridgehead atoms. The van der Waals surface area contributed by atoms with Crippen LogP contribution in [0.15, 0.2) is 16.3 Å². The molecule has 4 aliphatic carbocycles. The van der Waals surface area contributed by atoms with Crippen LogP contribution in [0.25, 0.3) is 0 Å². The zero-order valence-corrected chi connectivity index (χ0v) is 14.2. The minimum atomic E-state index is -3.40. The summed E-state index contributed by atoms with van der Waals surface area (Å²) < 4.78 is 28.5. The average Bonchev–Trinajstić information content (AvgIpc) is 2.83. The summed E-state index contributed by atoms with van der Waals surface area (Å²) >= 11 is 6.98. The van der Waals surface area contributed by atoms with E-state index in [2.05, 4.69) is 4.72 Å². The fourth-order valence-electron chi connectivity index (χ4n) is 5.27. The maximum Gasteiger partial charge on any atom is 0.250 e. The molecular weight excluding hydrogens is 326 g/mol. The van der Waals surface area contributed by atoms with Crippen molar-refractivity contribution in [2.75, 3.05) is 6.54 Å². The fourth-order valence-corrected chi connectivity index (χ4v) is 7.95. The van der Waals surface area contributed by atoms with E-state index in [4.69, 9.17) is 11.6 Å². The van der Waals surface area contributed by atoms with Crippen LogP contribution in [0.3, 0.4) is 0 Å². The summed E-state index contributed by atoms with van der Waals surface area (Å²) in [5.41, 5.74) is 0.225. The predicted molar refractivity (Wildman–Crippen MR) is 85.1 cm³/mol. The predicted octanol–water partition coefficient (Wildman–Crippen LogP) is 3.90. The lowest BCUT2D eigenvalue weighted by Gasteiger charge is -2.56. The van der Waals surface area contributed by atoms with Gasteiger partial charge in [-0.2, -0.15) is 0 Å². The standard InChI is InChI=1S/C15H20ClNO2S2/c16-13-1-2-14(20-13)21(18,19)17-9-15-6-10-3-11(7-15)5-12(4-10)8-15/h1-2,10-12,17H,3-9H2. The molecule has 1 N–H and O–H groups in total. The van der Waals surface area contributed by atoms with E-state index in [-0.39, 0.29) is 5.41 Å². The number of rotatable bonds is 4. The van der Waals surface area contributed by atoms with Crippen molar-refractivity contribution in [2.24, 2.45) is 23.2 Å². The molecule has 1 aromatic rings. The highest BCUT2D eigenvalue weighted by Gasteiger charge is 2.50. The van der Waals surface area contributed by atoms with Gasteiger partial charge in [0.25, 0.3) is 0 Å². The molecule has 1 aromatic heterocycles. The van der Waals surface area contributed by atoms with Crippen LogP contribution in [0.2, 0.25) is 4.34 Å². The number of thiophene rings is 1. The molecule has 0 unspecified atom stereocenters. The van der Waals surface area contributed by atoms with E-state index in [0.717, 1.165) is 29.1 Å². The maximum absolute atomic E-state index is 12.4. The van der Waals surface area contributed by atoms with E-state index in [1.165, 1.54) is 38.5 Å². The second-order valence-electron chi connectivity index (χ2n) is 7.30. The third kappa shape index (κ3) is 2.67. The normalized spacial score (nSPS) is 38.0. The molecule has 21 heavy (non-hydrogen) atoms.